The molecule has 7 nitrogen and oxygen atoms in total. The Labute approximate surface area is 186 Å². The Morgan fingerprint density at radius 2 is 1.21 bits per heavy atom. The lowest BCUT2D eigenvalue weighted by Crippen LogP contribution is -3.00. The zero-order valence-corrected chi connectivity index (χ0v) is 18.6. The second-order valence-electron chi connectivity index (χ2n) is 6.60. The Balaban J connectivity index is 0. The molecular weight excluding hydrogens is 423 g/mol. The molecule has 28 heavy (non-hydrogen) atoms. The molecule has 1 aromatic carbocycles. The van der Waals surface area contributed by atoms with Gasteiger partial charge in [-0.2, -0.15) is 0 Å². The minimum Gasteiger partial charge on any atom is -1.00 e. The molecule has 0 amide bonds. The van der Waals surface area contributed by atoms with Gasteiger partial charge in [0.15, 0.2) is 0 Å². The fourth-order valence-corrected chi connectivity index (χ4v) is 3.02. The Morgan fingerprint density at radius 1 is 0.786 bits per heavy atom. The van der Waals surface area contributed by atoms with Crippen molar-refractivity contribution in [2.24, 2.45) is 0 Å². The van der Waals surface area contributed by atoms with Crippen LogP contribution >= 0.6 is 0 Å². The average Bonchev–Trinajstić information content (AvgIpc) is 3.17. The molecule has 2 aliphatic heterocycles. The highest BCUT2D eigenvalue weighted by Crippen LogP contribution is 2.17. The summed E-state index contributed by atoms with van der Waals surface area (Å²) in [6.07, 6.45) is 8.58. The maximum Gasteiger partial charge on any atom is 0.0891 e. The minimum atomic E-state index is 0. The lowest BCUT2D eigenvalue weighted by atomic mass is 10.2. The van der Waals surface area contributed by atoms with Gasteiger partial charge in [0.05, 0.1) is 13.3 Å². The van der Waals surface area contributed by atoms with Crippen LogP contribution in [0.4, 0.5) is 11.4 Å². The molecule has 3 rings (SSSR count). The molecule has 0 aromatic heterocycles. The number of halogens is 3. The Hall–Kier alpha value is -1.67. The van der Waals surface area contributed by atoms with E-state index >= 15 is 0 Å². The zero-order valence-electron chi connectivity index (χ0n) is 16.3. The molecule has 10 heteroatoms. The fraction of sp³-hybridized carbons (Fsp3) is 0.444. The molecule has 0 spiro atoms. The highest BCUT2D eigenvalue weighted by molar-refractivity contribution is 5.53. The van der Waals surface area contributed by atoms with E-state index in [-0.39, 0.29) is 42.7 Å². The van der Waals surface area contributed by atoms with Crippen LogP contribution in [0.15, 0.2) is 49.1 Å². The number of nitrogens with two attached hydrogens (primary N) is 1. The van der Waals surface area contributed by atoms with Gasteiger partial charge in [-0.3, -0.25) is 0 Å². The third-order valence-corrected chi connectivity index (χ3v) is 4.45. The third-order valence-electron chi connectivity index (χ3n) is 4.45. The maximum absolute atomic E-state index is 5.84. The van der Waals surface area contributed by atoms with Crippen molar-refractivity contribution in [2.45, 2.75) is 0 Å². The number of hydrogen-bond acceptors (Lipinski definition) is 6. The summed E-state index contributed by atoms with van der Waals surface area (Å²) < 4.78 is 0. The zero-order chi connectivity index (χ0) is 16.9. The number of anilines is 2. The van der Waals surface area contributed by atoms with Crippen molar-refractivity contribution in [3.63, 3.8) is 0 Å². The van der Waals surface area contributed by atoms with E-state index in [1.54, 1.807) is 0 Å². The van der Waals surface area contributed by atoms with Crippen molar-refractivity contribution < 1.29 is 42.7 Å². The first-order chi connectivity index (χ1) is 11.6. The highest BCUT2D eigenvalue weighted by atomic mass is 35.5. The SMILES string of the molecule is CN1C=CN(CCN(CCN2C=CN(C)C2)c2ccc(N)cc2)C1.O.[Cl-].[Cl-].[Cl-]. The number of hydrogen-bond donors (Lipinski definition) is 1. The van der Waals surface area contributed by atoms with Crippen LogP contribution in [-0.2, 0) is 0 Å². The van der Waals surface area contributed by atoms with E-state index in [0.717, 1.165) is 45.2 Å². The summed E-state index contributed by atoms with van der Waals surface area (Å²) in [5.41, 5.74) is 7.89. The number of nitrogen functional groups attached to an aromatic ring is 1. The first-order valence-corrected chi connectivity index (χ1v) is 8.46. The van der Waals surface area contributed by atoms with Crippen LogP contribution in [0.3, 0.4) is 0 Å². The van der Waals surface area contributed by atoms with Gasteiger partial charge >= 0.3 is 0 Å². The summed E-state index contributed by atoms with van der Waals surface area (Å²) in [6, 6.07) is 8.20. The summed E-state index contributed by atoms with van der Waals surface area (Å²) in [6.45, 7) is 5.96. The summed E-state index contributed by atoms with van der Waals surface area (Å²) in [4.78, 5) is 11.5. The molecule has 0 saturated carbocycles. The van der Waals surface area contributed by atoms with Crippen LogP contribution in [0.5, 0.6) is 0 Å². The predicted octanol–water partition coefficient (Wildman–Crippen LogP) is -8.39. The van der Waals surface area contributed by atoms with Gasteiger partial charge < -0.3 is 72.9 Å². The monoisotopic (exact) mass is 451 g/mol. The molecule has 0 aliphatic carbocycles. The van der Waals surface area contributed by atoms with Crippen molar-refractivity contribution in [1.82, 2.24) is 19.6 Å². The number of benzene rings is 1. The van der Waals surface area contributed by atoms with E-state index in [2.05, 4.69) is 75.5 Å². The second-order valence-corrected chi connectivity index (χ2v) is 6.60. The molecule has 0 bridgehead atoms. The van der Waals surface area contributed by atoms with Gasteiger partial charge in [-0.25, -0.2) is 0 Å². The van der Waals surface area contributed by atoms with Gasteiger partial charge in [0, 0.05) is 76.4 Å². The summed E-state index contributed by atoms with van der Waals surface area (Å²) in [5.74, 6) is 0. The molecule has 0 unspecified atom stereocenters. The van der Waals surface area contributed by atoms with Gasteiger partial charge in [0.25, 0.3) is 0 Å². The van der Waals surface area contributed by atoms with Crippen molar-refractivity contribution >= 4 is 11.4 Å². The topological polar surface area (TPSA) is 73.7 Å². The molecule has 162 valence electrons. The molecule has 2 heterocycles. The van der Waals surface area contributed by atoms with Gasteiger partial charge in [-0.1, -0.05) is 0 Å². The number of nitrogens with zero attached hydrogens (tertiary/aromatic N) is 5. The number of rotatable bonds is 7. The van der Waals surface area contributed by atoms with Crippen LogP contribution < -0.4 is 47.9 Å². The fourth-order valence-electron chi connectivity index (χ4n) is 3.02. The first kappa shape index (κ1) is 28.5. The quantitative estimate of drug-likeness (QED) is 0.414. The van der Waals surface area contributed by atoms with Gasteiger partial charge in [0.1, 0.15) is 0 Å². The molecule has 2 aliphatic rings. The van der Waals surface area contributed by atoms with Crippen LogP contribution in [0.1, 0.15) is 0 Å². The Kier molecular flexibility index (Phi) is 13.8. The summed E-state index contributed by atoms with van der Waals surface area (Å²) in [5, 5.41) is 0. The molecule has 4 N–H and O–H groups in total. The van der Waals surface area contributed by atoms with Crippen LogP contribution in [0.2, 0.25) is 0 Å². The van der Waals surface area contributed by atoms with Gasteiger partial charge in [-0.15, -0.1) is 0 Å². The van der Waals surface area contributed by atoms with Crippen LogP contribution in [0, 0.1) is 0 Å². The first-order valence-electron chi connectivity index (χ1n) is 8.46. The molecule has 0 saturated heterocycles. The van der Waals surface area contributed by atoms with E-state index in [1.807, 2.05) is 12.1 Å². The molecule has 0 radical (unpaired) electrons. The minimum absolute atomic E-state index is 0. The molecular formula is C18H30Cl3N6O-3. The molecule has 0 atom stereocenters. The standard InChI is InChI=1S/C18H28N6.3ClH.H2O/c1-20-7-9-22(15-20)11-13-24(18-5-3-17(19)4-6-18)14-12-23-10-8-21(2)16-23;;;;/h3-10H,11-16,19H2,1-2H3;3*1H;1H2/p-3. The van der Waals surface area contributed by atoms with Crippen molar-refractivity contribution in [2.75, 3.05) is 64.2 Å². The van der Waals surface area contributed by atoms with E-state index in [4.69, 9.17) is 5.73 Å². The van der Waals surface area contributed by atoms with Gasteiger partial charge in [-0.05, 0) is 24.3 Å². The van der Waals surface area contributed by atoms with Crippen molar-refractivity contribution in [3.05, 3.63) is 49.1 Å². The lowest BCUT2D eigenvalue weighted by Gasteiger charge is -2.30. The summed E-state index contributed by atoms with van der Waals surface area (Å²) in [7, 11) is 4.20. The van der Waals surface area contributed by atoms with Crippen molar-refractivity contribution in [1.29, 1.82) is 0 Å². The molecule has 0 fully saturated rings. The predicted molar refractivity (Wildman–Crippen MR) is 104 cm³/mol. The van der Waals surface area contributed by atoms with E-state index < -0.39 is 0 Å². The largest absolute Gasteiger partial charge is 1.00 e. The second kappa shape index (κ2) is 13.5. The molecule has 1 aromatic rings. The van der Waals surface area contributed by atoms with E-state index in [1.165, 1.54) is 5.69 Å². The normalized spacial score (nSPS) is 14.2. The van der Waals surface area contributed by atoms with E-state index in [9.17, 15) is 0 Å². The summed E-state index contributed by atoms with van der Waals surface area (Å²) >= 11 is 0. The van der Waals surface area contributed by atoms with E-state index in [0.29, 0.717) is 0 Å². The van der Waals surface area contributed by atoms with Crippen molar-refractivity contribution in [3.8, 4) is 0 Å². The Morgan fingerprint density at radius 3 is 1.57 bits per heavy atom. The Bertz CT molecular complexity index is 571. The lowest BCUT2D eigenvalue weighted by molar-refractivity contribution is -0.00100. The third kappa shape index (κ3) is 8.14. The van der Waals surface area contributed by atoms with Crippen LogP contribution in [0.25, 0.3) is 0 Å². The van der Waals surface area contributed by atoms with Crippen LogP contribution in [-0.4, -0.2) is 78.7 Å². The maximum atomic E-state index is 5.84. The average molecular weight is 453 g/mol. The highest BCUT2D eigenvalue weighted by Gasteiger charge is 2.14. The smallest absolute Gasteiger partial charge is 0.0891 e. The van der Waals surface area contributed by atoms with Gasteiger partial charge in [0.2, 0.25) is 0 Å².